The minimum Gasteiger partial charge on any atom is -0.481 e. The number of aromatic amines is 1. The van der Waals surface area contributed by atoms with Gasteiger partial charge in [-0.3, -0.25) is 9.89 Å². The monoisotopic (exact) mass is 335 g/mol. The first-order valence-electron chi connectivity index (χ1n) is 7.74. The van der Waals surface area contributed by atoms with Crippen molar-refractivity contribution in [2.24, 2.45) is 0 Å². The first-order chi connectivity index (χ1) is 12.2. The van der Waals surface area contributed by atoms with Crippen molar-refractivity contribution in [3.05, 3.63) is 48.5 Å². The normalized spacial score (nSPS) is 11.5. The maximum absolute atomic E-state index is 12.3. The zero-order chi connectivity index (χ0) is 17.6. The van der Waals surface area contributed by atoms with E-state index in [0.717, 1.165) is 10.9 Å². The van der Waals surface area contributed by atoms with Crippen LogP contribution in [0.15, 0.2) is 48.5 Å². The number of carbonyl (C=O) groups is 1. The van der Waals surface area contributed by atoms with Crippen LogP contribution in [0.2, 0.25) is 0 Å². The van der Waals surface area contributed by atoms with Crippen molar-refractivity contribution < 1.29 is 14.3 Å². The van der Waals surface area contributed by atoms with Crippen molar-refractivity contribution in [2.75, 3.05) is 11.9 Å². The molecule has 3 aromatic rings. The van der Waals surface area contributed by atoms with E-state index in [1.807, 2.05) is 24.3 Å². The Morgan fingerprint density at radius 1 is 1.28 bits per heavy atom. The van der Waals surface area contributed by atoms with Crippen LogP contribution in [0.3, 0.4) is 0 Å². The quantitative estimate of drug-likeness (QED) is 0.679. The number of carbonyl (C=O) groups excluding carboxylic acids is 1. The molecule has 0 aliphatic rings. The van der Waals surface area contributed by atoms with Gasteiger partial charge < -0.3 is 14.8 Å². The Morgan fingerprint density at radius 3 is 2.84 bits per heavy atom. The number of para-hydroxylation sites is 1. The Morgan fingerprint density at radius 2 is 2.08 bits per heavy atom. The van der Waals surface area contributed by atoms with E-state index in [4.69, 9.17) is 15.9 Å². The van der Waals surface area contributed by atoms with Gasteiger partial charge in [0.05, 0.1) is 5.52 Å². The Balaban J connectivity index is 1.69. The zero-order valence-corrected chi connectivity index (χ0v) is 13.7. The summed E-state index contributed by atoms with van der Waals surface area (Å²) in [6, 6.07) is 14.5. The fourth-order valence-electron chi connectivity index (χ4n) is 2.28. The SMILES string of the molecule is C#CCOc1ccc2c(NC(=O)C(C)Oc3ccccc3)n[nH]c2c1. The van der Waals surface area contributed by atoms with Crippen molar-refractivity contribution in [3.63, 3.8) is 0 Å². The number of anilines is 1. The van der Waals surface area contributed by atoms with E-state index < -0.39 is 6.10 Å². The van der Waals surface area contributed by atoms with Crippen LogP contribution in [0.25, 0.3) is 10.9 Å². The van der Waals surface area contributed by atoms with Gasteiger partial charge in [-0.2, -0.15) is 5.10 Å². The molecular formula is C19H17N3O3. The third-order valence-electron chi connectivity index (χ3n) is 3.52. The number of rotatable bonds is 6. The predicted octanol–water partition coefficient (Wildman–Crippen LogP) is 2.98. The van der Waals surface area contributed by atoms with Gasteiger partial charge in [0.2, 0.25) is 0 Å². The molecule has 1 atom stereocenters. The number of benzene rings is 2. The number of nitrogens with zero attached hydrogens (tertiary/aromatic N) is 1. The molecule has 0 saturated carbocycles. The van der Waals surface area contributed by atoms with Gasteiger partial charge in [-0.25, -0.2) is 0 Å². The number of amides is 1. The first-order valence-corrected chi connectivity index (χ1v) is 7.74. The molecule has 1 unspecified atom stereocenters. The lowest BCUT2D eigenvalue weighted by Crippen LogP contribution is -2.30. The minimum absolute atomic E-state index is 0.192. The summed E-state index contributed by atoms with van der Waals surface area (Å²) in [6.45, 7) is 1.88. The topological polar surface area (TPSA) is 76.2 Å². The predicted molar refractivity (Wildman–Crippen MR) is 95.6 cm³/mol. The van der Waals surface area contributed by atoms with Gasteiger partial charge in [0, 0.05) is 11.5 Å². The van der Waals surface area contributed by atoms with Gasteiger partial charge in [0.1, 0.15) is 18.1 Å². The van der Waals surface area contributed by atoms with Gasteiger partial charge >= 0.3 is 0 Å². The molecule has 0 spiro atoms. The average molecular weight is 335 g/mol. The fraction of sp³-hybridized carbons (Fsp3) is 0.158. The molecule has 0 saturated heterocycles. The maximum Gasteiger partial charge on any atom is 0.266 e. The minimum atomic E-state index is -0.660. The Hall–Kier alpha value is -3.46. The highest BCUT2D eigenvalue weighted by molar-refractivity contribution is 6.01. The van der Waals surface area contributed by atoms with Gasteiger partial charge in [-0.15, -0.1) is 6.42 Å². The summed E-state index contributed by atoms with van der Waals surface area (Å²) in [7, 11) is 0. The largest absolute Gasteiger partial charge is 0.481 e. The summed E-state index contributed by atoms with van der Waals surface area (Å²) in [5.74, 6) is 3.82. The van der Waals surface area contributed by atoms with Crippen molar-refractivity contribution >= 4 is 22.6 Å². The second-order valence-corrected chi connectivity index (χ2v) is 5.33. The van der Waals surface area contributed by atoms with Gasteiger partial charge in [-0.05, 0) is 31.2 Å². The van der Waals surface area contributed by atoms with E-state index >= 15 is 0 Å². The summed E-state index contributed by atoms with van der Waals surface area (Å²) in [6.07, 6.45) is 4.52. The highest BCUT2D eigenvalue weighted by Gasteiger charge is 2.17. The molecule has 1 aromatic heterocycles. The van der Waals surface area contributed by atoms with Crippen LogP contribution in [-0.2, 0) is 4.79 Å². The van der Waals surface area contributed by atoms with Crippen molar-refractivity contribution in [2.45, 2.75) is 13.0 Å². The van der Waals surface area contributed by atoms with Crippen molar-refractivity contribution in [1.82, 2.24) is 10.2 Å². The molecule has 0 aliphatic carbocycles. The van der Waals surface area contributed by atoms with Crippen LogP contribution >= 0.6 is 0 Å². The number of terminal acetylenes is 1. The number of H-pyrrole nitrogens is 1. The molecule has 2 aromatic carbocycles. The average Bonchev–Trinajstić information content (AvgIpc) is 3.03. The highest BCUT2D eigenvalue weighted by Crippen LogP contribution is 2.25. The van der Waals surface area contributed by atoms with Gasteiger partial charge in [-0.1, -0.05) is 24.1 Å². The van der Waals surface area contributed by atoms with Crippen LogP contribution in [-0.4, -0.2) is 28.8 Å². The summed E-state index contributed by atoms with van der Waals surface area (Å²) in [5.41, 5.74) is 0.737. The van der Waals surface area contributed by atoms with Crippen LogP contribution in [0.4, 0.5) is 5.82 Å². The van der Waals surface area contributed by atoms with Gasteiger partial charge in [0.15, 0.2) is 11.9 Å². The third kappa shape index (κ3) is 3.90. The molecule has 0 radical (unpaired) electrons. The summed E-state index contributed by atoms with van der Waals surface area (Å²) in [5, 5.41) is 10.5. The van der Waals surface area contributed by atoms with E-state index in [9.17, 15) is 4.79 Å². The molecule has 6 nitrogen and oxygen atoms in total. The molecule has 0 aliphatic heterocycles. The van der Waals surface area contributed by atoms with E-state index in [1.54, 1.807) is 31.2 Å². The number of hydrogen-bond donors (Lipinski definition) is 2. The Bertz CT molecular complexity index is 913. The second kappa shape index (κ2) is 7.41. The number of hydrogen-bond acceptors (Lipinski definition) is 4. The van der Waals surface area contributed by atoms with E-state index in [2.05, 4.69) is 21.4 Å². The number of fused-ring (bicyclic) bond motifs is 1. The third-order valence-corrected chi connectivity index (χ3v) is 3.52. The first kappa shape index (κ1) is 16.4. The Labute approximate surface area is 145 Å². The fourth-order valence-corrected chi connectivity index (χ4v) is 2.28. The molecule has 126 valence electrons. The zero-order valence-electron chi connectivity index (χ0n) is 13.7. The number of ether oxygens (including phenoxy) is 2. The molecule has 0 fully saturated rings. The molecule has 1 heterocycles. The molecule has 0 bridgehead atoms. The van der Waals surface area contributed by atoms with E-state index in [1.165, 1.54) is 0 Å². The summed E-state index contributed by atoms with van der Waals surface area (Å²) < 4.78 is 11.0. The maximum atomic E-state index is 12.3. The number of nitrogens with one attached hydrogen (secondary N) is 2. The highest BCUT2D eigenvalue weighted by atomic mass is 16.5. The summed E-state index contributed by atoms with van der Waals surface area (Å²) >= 11 is 0. The van der Waals surface area contributed by atoms with Gasteiger partial charge in [0.25, 0.3) is 5.91 Å². The molecular weight excluding hydrogens is 318 g/mol. The smallest absolute Gasteiger partial charge is 0.266 e. The van der Waals surface area contributed by atoms with Crippen molar-refractivity contribution in [1.29, 1.82) is 0 Å². The van der Waals surface area contributed by atoms with E-state index in [-0.39, 0.29) is 12.5 Å². The van der Waals surface area contributed by atoms with Crippen LogP contribution in [0.1, 0.15) is 6.92 Å². The van der Waals surface area contributed by atoms with Crippen LogP contribution < -0.4 is 14.8 Å². The lowest BCUT2D eigenvalue weighted by atomic mass is 10.2. The molecule has 25 heavy (non-hydrogen) atoms. The lowest BCUT2D eigenvalue weighted by molar-refractivity contribution is -0.122. The lowest BCUT2D eigenvalue weighted by Gasteiger charge is -2.13. The van der Waals surface area contributed by atoms with Crippen LogP contribution in [0, 0.1) is 12.3 Å². The summed E-state index contributed by atoms with van der Waals surface area (Å²) in [4.78, 5) is 12.3. The molecule has 2 N–H and O–H groups in total. The standard InChI is InChI=1S/C19H17N3O3/c1-3-11-24-15-9-10-16-17(12-15)21-22-18(16)20-19(23)13(2)25-14-7-5-4-6-8-14/h1,4-10,12-13H,11H2,2H3,(H2,20,21,22,23). The molecule has 1 amide bonds. The second-order valence-electron chi connectivity index (χ2n) is 5.33. The molecule has 6 heteroatoms. The van der Waals surface area contributed by atoms with Crippen LogP contribution in [0.5, 0.6) is 11.5 Å². The molecule has 3 rings (SSSR count). The van der Waals surface area contributed by atoms with E-state index in [0.29, 0.717) is 17.3 Å². The van der Waals surface area contributed by atoms with Crippen molar-refractivity contribution in [3.8, 4) is 23.8 Å². The number of aromatic nitrogens is 2. The Kier molecular flexibility index (Phi) is 4.86.